The fraction of sp³-hybridized carbons (Fsp3) is 0.200. The van der Waals surface area contributed by atoms with Crippen molar-refractivity contribution < 1.29 is 9.32 Å². The predicted molar refractivity (Wildman–Crippen MR) is 108 cm³/mol. The minimum atomic E-state index is 0.000907. The smallest absolute Gasteiger partial charge is 0.278 e. The van der Waals surface area contributed by atoms with Gasteiger partial charge in [0.2, 0.25) is 0 Å². The van der Waals surface area contributed by atoms with Crippen LogP contribution in [0.2, 0.25) is 0 Å². The van der Waals surface area contributed by atoms with Crippen LogP contribution < -0.4 is 5.32 Å². The van der Waals surface area contributed by atoms with Crippen LogP contribution in [-0.4, -0.2) is 37.5 Å². The summed E-state index contributed by atoms with van der Waals surface area (Å²) in [6, 6.07) is 12.1. The molecule has 0 saturated heterocycles. The monoisotopic (exact) mass is 406 g/mol. The highest BCUT2D eigenvalue weighted by Gasteiger charge is 2.29. The van der Waals surface area contributed by atoms with Gasteiger partial charge in [0, 0.05) is 13.6 Å². The molecule has 0 saturated carbocycles. The van der Waals surface area contributed by atoms with Crippen molar-refractivity contribution in [1.29, 1.82) is 0 Å². The molecule has 0 spiro atoms. The number of carbonyl (C=O) groups excluding carboxylic acids is 1. The van der Waals surface area contributed by atoms with E-state index >= 15 is 0 Å². The zero-order chi connectivity index (χ0) is 19.8. The summed E-state index contributed by atoms with van der Waals surface area (Å²) in [6.45, 7) is 1.62. The maximum atomic E-state index is 12.6. The number of amides is 1. The Kier molecular flexibility index (Phi) is 4.45. The quantitative estimate of drug-likeness (QED) is 0.548. The molecule has 3 aromatic heterocycles. The molecule has 0 unspecified atom stereocenters. The zero-order valence-electron chi connectivity index (χ0n) is 15.7. The minimum absolute atomic E-state index is 0.000907. The number of hydrogen-bond donors (Lipinski definition) is 1. The molecule has 8 nitrogen and oxygen atoms in total. The van der Waals surface area contributed by atoms with E-state index in [-0.39, 0.29) is 5.91 Å². The molecule has 5 rings (SSSR count). The summed E-state index contributed by atoms with van der Waals surface area (Å²) in [5, 5.41) is 9.29. The summed E-state index contributed by atoms with van der Waals surface area (Å²) < 4.78 is 7.40. The molecular formula is C20H18N6O2S. The van der Waals surface area contributed by atoms with Crippen LogP contribution in [0.3, 0.4) is 0 Å². The van der Waals surface area contributed by atoms with Crippen LogP contribution in [0, 0.1) is 0 Å². The first kappa shape index (κ1) is 17.8. The molecule has 0 fully saturated rings. The molecule has 4 heterocycles. The molecule has 0 radical (unpaired) electrons. The van der Waals surface area contributed by atoms with Gasteiger partial charge in [-0.25, -0.2) is 4.98 Å². The standard InChI is InChI=1S/C20H18N6O2S/c1-25-11-15-17(22-12-26(15)14-7-8-29-18(14)20(25)27)19-23-16(24-28-19)10-21-9-13-5-3-2-4-6-13/h2-8,12,21H,9-11H2,1H3. The lowest BCUT2D eigenvalue weighted by Gasteiger charge is -2.13. The van der Waals surface area contributed by atoms with Crippen LogP contribution in [0.15, 0.2) is 52.6 Å². The van der Waals surface area contributed by atoms with Crippen LogP contribution >= 0.6 is 11.3 Å². The summed E-state index contributed by atoms with van der Waals surface area (Å²) >= 11 is 1.43. The first-order valence-corrected chi connectivity index (χ1v) is 10.1. The third kappa shape index (κ3) is 3.24. The second-order valence-electron chi connectivity index (χ2n) is 6.81. The number of carbonyl (C=O) groups is 1. The average Bonchev–Trinajstić information content (AvgIpc) is 3.46. The largest absolute Gasteiger partial charge is 0.335 e. The Bertz CT molecular complexity index is 1160. The highest BCUT2D eigenvalue weighted by molar-refractivity contribution is 7.12. The van der Waals surface area contributed by atoms with E-state index in [1.54, 1.807) is 18.3 Å². The van der Waals surface area contributed by atoms with E-state index in [1.807, 2.05) is 34.2 Å². The second kappa shape index (κ2) is 7.26. The van der Waals surface area contributed by atoms with Gasteiger partial charge in [-0.3, -0.25) is 9.36 Å². The van der Waals surface area contributed by atoms with E-state index in [1.165, 1.54) is 16.9 Å². The molecule has 0 atom stereocenters. The molecule has 9 heteroatoms. The van der Waals surface area contributed by atoms with Crippen molar-refractivity contribution in [1.82, 2.24) is 29.9 Å². The van der Waals surface area contributed by atoms with Gasteiger partial charge in [-0.15, -0.1) is 11.3 Å². The van der Waals surface area contributed by atoms with Crippen LogP contribution in [0.5, 0.6) is 0 Å². The van der Waals surface area contributed by atoms with E-state index in [2.05, 4.69) is 32.6 Å². The topological polar surface area (TPSA) is 89.1 Å². The third-order valence-corrected chi connectivity index (χ3v) is 5.72. The van der Waals surface area contributed by atoms with Gasteiger partial charge in [0.25, 0.3) is 11.8 Å². The van der Waals surface area contributed by atoms with Gasteiger partial charge in [0.1, 0.15) is 11.2 Å². The van der Waals surface area contributed by atoms with Crippen molar-refractivity contribution >= 4 is 17.2 Å². The number of benzene rings is 1. The van der Waals surface area contributed by atoms with Gasteiger partial charge in [-0.1, -0.05) is 35.5 Å². The maximum Gasteiger partial charge on any atom is 0.278 e. The fourth-order valence-corrected chi connectivity index (χ4v) is 4.25. The number of rotatable bonds is 5. The number of nitrogens with zero attached hydrogens (tertiary/aromatic N) is 5. The van der Waals surface area contributed by atoms with Crippen molar-refractivity contribution in [3.8, 4) is 17.3 Å². The van der Waals surface area contributed by atoms with E-state index < -0.39 is 0 Å². The van der Waals surface area contributed by atoms with E-state index in [0.29, 0.717) is 35.4 Å². The molecule has 1 aliphatic rings. The van der Waals surface area contributed by atoms with Gasteiger partial charge in [-0.2, -0.15) is 4.98 Å². The summed E-state index contributed by atoms with van der Waals surface area (Å²) in [4.78, 5) is 24.0. The molecule has 1 aromatic carbocycles. The fourth-order valence-electron chi connectivity index (χ4n) is 3.37. The van der Waals surface area contributed by atoms with Gasteiger partial charge < -0.3 is 14.7 Å². The molecule has 0 bridgehead atoms. The Morgan fingerprint density at radius 2 is 2.07 bits per heavy atom. The molecule has 4 aromatic rings. The number of thiophene rings is 1. The van der Waals surface area contributed by atoms with Crippen LogP contribution in [0.1, 0.15) is 26.8 Å². The lowest BCUT2D eigenvalue weighted by molar-refractivity contribution is 0.0792. The number of imidazole rings is 1. The molecular weight excluding hydrogens is 388 g/mol. The van der Waals surface area contributed by atoms with Crippen LogP contribution in [0.25, 0.3) is 17.3 Å². The van der Waals surface area contributed by atoms with Gasteiger partial charge in [0.15, 0.2) is 11.5 Å². The Morgan fingerprint density at radius 3 is 2.93 bits per heavy atom. The zero-order valence-corrected chi connectivity index (χ0v) is 16.5. The van der Waals surface area contributed by atoms with Crippen molar-refractivity contribution in [2.24, 2.45) is 0 Å². The Morgan fingerprint density at radius 1 is 1.21 bits per heavy atom. The van der Waals surface area contributed by atoms with E-state index in [4.69, 9.17) is 4.52 Å². The molecule has 1 N–H and O–H groups in total. The summed E-state index contributed by atoms with van der Waals surface area (Å²) in [5.41, 5.74) is 3.48. The number of nitrogens with one attached hydrogen (secondary N) is 1. The summed E-state index contributed by atoms with van der Waals surface area (Å²) in [6.07, 6.45) is 1.71. The molecule has 29 heavy (non-hydrogen) atoms. The van der Waals surface area contributed by atoms with Gasteiger partial charge in [0.05, 0.1) is 24.5 Å². The molecule has 146 valence electrons. The van der Waals surface area contributed by atoms with E-state index in [9.17, 15) is 4.79 Å². The third-order valence-electron chi connectivity index (χ3n) is 4.82. The minimum Gasteiger partial charge on any atom is -0.335 e. The first-order chi connectivity index (χ1) is 14.2. The van der Waals surface area contributed by atoms with Crippen molar-refractivity contribution in [3.05, 3.63) is 70.1 Å². The number of fused-ring (bicyclic) bond motifs is 3. The van der Waals surface area contributed by atoms with Crippen molar-refractivity contribution in [2.45, 2.75) is 19.6 Å². The Balaban J connectivity index is 1.38. The predicted octanol–water partition coefficient (Wildman–Crippen LogP) is 2.86. The molecule has 1 aliphatic heterocycles. The average molecular weight is 406 g/mol. The normalized spacial score (nSPS) is 13.3. The lowest BCUT2D eigenvalue weighted by atomic mass is 10.2. The molecule has 1 amide bonds. The Hall–Kier alpha value is -3.30. The summed E-state index contributed by atoms with van der Waals surface area (Å²) in [5.74, 6) is 0.919. The van der Waals surface area contributed by atoms with E-state index in [0.717, 1.165) is 17.9 Å². The first-order valence-electron chi connectivity index (χ1n) is 9.18. The van der Waals surface area contributed by atoms with Crippen molar-refractivity contribution in [2.75, 3.05) is 7.05 Å². The lowest BCUT2D eigenvalue weighted by Crippen LogP contribution is -2.24. The van der Waals surface area contributed by atoms with Crippen molar-refractivity contribution in [3.63, 3.8) is 0 Å². The van der Waals surface area contributed by atoms with Gasteiger partial charge in [-0.05, 0) is 17.0 Å². The van der Waals surface area contributed by atoms with Gasteiger partial charge >= 0.3 is 0 Å². The molecule has 0 aliphatic carbocycles. The Labute approximate surface area is 170 Å². The SMILES string of the molecule is CN1Cc2c(-c3nc(CNCc4ccccc4)no3)ncn2-c2ccsc2C1=O. The number of hydrogen-bond acceptors (Lipinski definition) is 7. The highest BCUT2D eigenvalue weighted by atomic mass is 32.1. The number of aromatic nitrogens is 4. The van der Waals surface area contributed by atoms with Crippen LogP contribution in [0.4, 0.5) is 0 Å². The maximum absolute atomic E-state index is 12.6. The second-order valence-corrected chi connectivity index (χ2v) is 7.73. The summed E-state index contributed by atoms with van der Waals surface area (Å²) in [7, 11) is 1.78. The highest BCUT2D eigenvalue weighted by Crippen LogP contribution is 2.32. The van der Waals surface area contributed by atoms with Crippen LogP contribution in [-0.2, 0) is 19.6 Å².